The Morgan fingerprint density at radius 3 is 1.95 bits per heavy atom. The lowest BCUT2D eigenvalue weighted by atomic mass is 10.1. The molecule has 24 nitrogen and oxygen atoms in total. The Bertz CT molecular complexity index is 1670. The highest BCUT2D eigenvalue weighted by Crippen LogP contribution is 2.22. The maximum absolute atomic E-state index is 13.8. The van der Waals surface area contributed by atoms with Gasteiger partial charge < -0.3 is 68.7 Å². The van der Waals surface area contributed by atoms with Crippen LogP contribution in [0.15, 0.2) is 4.99 Å². The Kier molecular flexibility index (Phi) is 18.6. The first-order valence-electron chi connectivity index (χ1n) is 19.8. The molecule has 0 spiro atoms. The van der Waals surface area contributed by atoms with Crippen LogP contribution in [0.3, 0.4) is 0 Å². The van der Waals surface area contributed by atoms with Gasteiger partial charge in [-0.1, -0.05) is 0 Å². The van der Waals surface area contributed by atoms with Crippen molar-refractivity contribution in [1.29, 1.82) is 0 Å². The van der Waals surface area contributed by atoms with Gasteiger partial charge in [-0.3, -0.25) is 52.9 Å². The minimum absolute atomic E-state index is 0.0114. The number of ketones is 1. The van der Waals surface area contributed by atoms with Gasteiger partial charge in [-0.05, 0) is 58.8 Å². The van der Waals surface area contributed by atoms with Crippen molar-refractivity contribution in [2.45, 2.75) is 114 Å². The van der Waals surface area contributed by atoms with Gasteiger partial charge in [-0.15, -0.1) is 0 Å². The maximum atomic E-state index is 13.8. The van der Waals surface area contributed by atoms with Gasteiger partial charge in [0.05, 0.1) is 37.8 Å². The topological polar surface area (TPSA) is 371 Å². The van der Waals surface area contributed by atoms with Crippen molar-refractivity contribution in [3.05, 3.63) is 0 Å². The largest absolute Gasteiger partial charge is 0.481 e. The number of nitrogens with two attached hydrogens (primary N) is 3. The third kappa shape index (κ3) is 14.4. The van der Waals surface area contributed by atoms with Crippen LogP contribution in [0.2, 0.25) is 0 Å². The summed E-state index contributed by atoms with van der Waals surface area (Å²) >= 11 is 0. The smallest absolute Gasteiger partial charge is 0.303 e. The zero-order valence-electron chi connectivity index (χ0n) is 33.9. The maximum Gasteiger partial charge on any atom is 0.303 e. The molecule has 0 aromatic rings. The molecule has 0 radical (unpaired) electrons. The van der Waals surface area contributed by atoms with E-state index in [1.165, 1.54) is 23.6 Å². The zero-order chi connectivity index (χ0) is 44.7. The van der Waals surface area contributed by atoms with E-state index in [0.29, 0.717) is 25.8 Å². The summed E-state index contributed by atoms with van der Waals surface area (Å²) in [5.41, 5.74) is 16.3. The molecule has 8 amide bonds. The van der Waals surface area contributed by atoms with Gasteiger partial charge in [0.25, 0.3) is 0 Å². The van der Waals surface area contributed by atoms with Crippen LogP contribution in [-0.2, 0) is 47.9 Å². The number of nitrogens with zero attached hydrogens (tertiary/aromatic N) is 4. The van der Waals surface area contributed by atoms with Crippen LogP contribution < -0.4 is 43.8 Å². The van der Waals surface area contributed by atoms with E-state index in [1.54, 1.807) is 0 Å². The van der Waals surface area contributed by atoms with Crippen molar-refractivity contribution < 1.29 is 58.2 Å². The summed E-state index contributed by atoms with van der Waals surface area (Å²) in [7, 11) is 0. The Labute approximate surface area is 346 Å². The molecule has 13 N–H and O–H groups in total. The molecular formula is C36H58N12O12. The van der Waals surface area contributed by atoms with Crippen LogP contribution in [-0.4, -0.2) is 178 Å². The Hall–Kier alpha value is -5.91. The number of hydrogen-bond acceptors (Lipinski definition) is 13. The van der Waals surface area contributed by atoms with Gasteiger partial charge in [0.15, 0.2) is 11.7 Å². The SMILES string of the molecule is CC(=O)C1CCCN1C(=O)CNC(=O)C1CC(O)CN1C(=O)C(CCC(=O)O)NC(=O)CNC(=O)C(CCCN=C(N)N)NC(=O)C1CCCN1C(=O)CNC(=O)C(C)N. The first-order chi connectivity index (χ1) is 28.3. The number of guanidine groups is 1. The van der Waals surface area contributed by atoms with Crippen LogP contribution in [0.25, 0.3) is 0 Å². The van der Waals surface area contributed by atoms with Crippen molar-refractivity contribution >= 4 is 65.0 Å². The number of carboxylic acid groups (broad SMARTS) is 1. The predicted molar refractivity (Wildman–Crippen MR) is 210 cm³/mol. The number of carbonyl (C=O) groups excluding carboxylic acids is 9. The van der Waals surface area contributed by atoms with E-state index >= 15 is 0 Å². The van der Waals surface area contributed by atoms with Crippen LogP contribution in [0.5, 0.6) is 0 Å². The number of aliphatic hydroxyl groups is 1. The quantitative estimate of drug-likeness (QED) is 0.0292. The number of rotatable bonds is 21. The van der Waals surface area contributed by atoms with Gasteiger partial charge >= 0.3 is 5.97 Å². The summed E-state index contributed by atoms with van der Waals surface area (Å²) in [5.74, 6) is -7.39. The van der Waals surface area contributed by atoms with Gasteiger partial charge in [-0.2, -0.15) is 0 Å². The van der Waals surface area contributed by atoms with Crippen LogP contribution in [0.4, 0.5) is 0 Å². The molecule has 7 unspecified atom stereocenters. The molecule has 7 atom stereocenters. The first kappa shape index (κ1) is 48.5. The van der Waals surface area contributed by atoms with E-state index in [9.17, 15) is 58.2 Å². The second-order valence-corrected chi connectivity index (χ2v) is 15.0. The average Bonchev–Trinajstić information content (AvgIpc) is 3.97. The second kappa shape index (κ2) is 23.0. The number of carbonyl (C=O) groups is 10. The van der Waals surface area contributed by atoms with Crippen molar-refractivity contribution in [3.8, 4) is 0 Å². The molecule has 0 aromatic carbocycles. The fraction of sp³-hybridized carbons (Fsp3) is 0.694. The van der Waals surface area contributed by atoms with E-state index in [4.69, 9.17) is 17.2 Å². The normalized spacial score (nSPS) is 21.2. The Morgan fingerprint density at radius 1 is 0.750 bits per heavy atom. The van der Waals surface area contributed by atoms with Crippen molar-refractivity contribution in [2.75, 3.05) is 45.8 Å². The summed E-state index contributed by atoms with van der Waals surface area (Å²) in [6, 6.07) is -6.48. The predicted octanol–water partition coefficient (Wildman–Crippen LogP) is -5.90. The Morgan fingerprint density at radius 2 is 1.35 bits per heavy atom. The highest BCUT2D eigenvalue weighted by molar-refractivity contribution is 5.97. The molecule has 3 rings (SSSR count). The molecule has 3 fully saturated rings. The molecule has 60 heavy (non-hydrogen) atoms. The number of carboxylic acids is 1. The third-order valence-corrected chi connectivity index (χ3v) is 10.3. The van der Waals surface area contributed by atoms with Crippen molar-refractivity contribution in [3.63, 3.8) is 0 Å². The monoisotopic (exact) mass is 850 g/mol. The standard InChI is InChI=1S/C36H58N12O12/c1-19(37)31(56)42-16-29(53)47-13-5-8-25(47)34(59)45-22(6-3-11-40-36(38)39)32(57)41-15-27(51)44-23(9-10-30(54)55)35(60)48-18-21(50)14-26(48)33(58)43-17-28(52)46-12-4-7-24(46)20(2)49/h19,21-26,50H,3-18,37H2,1-2H3,(H,41,57)(H,42,56)(H,43,58)(H,44,51)(H,45,59)(H,54,55)(H4,38,39,40). The molecule has 3 aliphatic rings. The number of likely N-dealkylation sites (tertiary alicyclic amines) is 3. The average molecular weight is 851 g/mol. The van der Waals surface area contributed by atoms with Crippen LogP contribution >= 0.6 is 0 Å². The van der Waals surface area contributed by atoms with E-state index in [0.717, 1.165) is 4.90 Å². The molecule has 3 aliphatic heterocycles. The molecule has 0 aliphatic carbocycles. The number of nitrogens with one attached hydrogen (secondary N) is 5. The lowest BCUT2D eigenvalue weighted by molar-refractivity contribution is -0.143. The van der Waals surface area contributed by atoms with Gasteiger partial charge in [0, 0.05) is 39.0 Å². The van der Waals surface area contributed by atoms with Gasteiger partial charge in [0.2, 0.25) is 47.3 Å². The molecule has 334 valence electrons. The van der Waals surface area contributed by atoms with E-state index in [-0.39, 0.29) is 57.1 Å². The van der Waals surface area contributed by atoms with Crippen LogP contribution in [0, 0.1) is 0 Å². The highest BCUT2D eigenvalue weighted by Gasteiger charge is 2.42. The van der Waals surface area contributed by atoms with Gasteiger partial charge in [-0.25, -0.2) is 0 Å². The fourth-order valence-corrected chi connectivity index (χ4v) is 7.24. The minimum Gasteiger partial charge on any atom is -0.481 e. The molecule has 0 aromatic heterocycles. The number of Topliss-reactive ketones (excluding diaryl/α,β-unsaturated/α-hetero) is 1. The number of β-amino-alcohol motifs (C(OH)–C–C–N with tert-alkyl or cyclic N) is 1. The molecule has 3 heterocycles. The first-order valence-corrected chi connectivity index (χ1v) is 19.8. The number of aliphatic hydroxyl groups excluding tert-OH is 1. The summed E-state index contributed by atoms with van der Waals surface area (Å²) in [6.45, 7) is 1.51. The van der Waals surface area contributed by atoms with Crippen LogP contribution in [0.1, 0.15) is 71.6 Å². The van der Waals surface area contributed by atoms with E-state index < -0.39 is 128 Å². The summed E-state index contributed by atoms with van der Waals surface area (Å²) in [5, 5.41) is 32.0. The number of hydrogen-bond donors (Lipinski definition) is 10. The van der Waals surface area contributed by atoms with Crippen molar-refractivity contribution in [2.24, 2.45) is 22.2 Å². The summed E-state index contributed by atoms with van der Waals surface area (Å²) in [4.78, 5) is 136. The van der Waals surface area contributed by atoms with E-state index in [2.05, 4.69) is 31.6 Å². The lowest BCUT2D eigenvalue weighted by Gasteiger charge is -2.29. The molecule has 0 bridgehead atoms. The van der Waals surface area contributed by atoms with Gasteiger partial charge in [0.1, 0.15) is 24.2 Å². The zero-order valence-corrected chi connectivity index (χ0v) is 33.9. The second-order valence-electron chi connectivity index (χ2n) is 15.0. The molecule has 24 heteroatoms. The number of aliphatic carboxylic acids is 1. The fourth-order valence-electron chi connectivity index (χ4n) is 7.24. The number of aliphatic imine (C=N–C) groups is 1. The third-order valence-electron chi connectivity index (χ3n) is 10.3. The number of amides is 8. The molecule has 3 saturated heterocycles. The van der Waals surface area contributed by atoms with Crippen molar-refractivity contribution in [1.82, 2.24) is 41.3 Å². The lowest BCUT2D eigenvalue weighted by Crippen LogP contribution is -2.56. The molecule has 0 saturated carbocycles. The Balaban J connectivity index is 1.66. The minimum atomic E-state index is -1.52. The highest BCUT2D eigenvalue weighted by atomic mass is 16.4. The summed E-state index contributed by atoms with van der Waals surface area (Å²) in [6.07, 6.45) is -0.339. The van der Waals surface area contributed by atoms with E-state index in [1.807, 2.05) is 0 Å². The summed E-state index contributed by atoms with van der Waals surface area (Å²) < 4.78 is 0. The molecular weight excluding hydrogens is 792 g/mol.